The molecule has 1 aromatic rings. The van der Waals surface area contributed by atoms with E-state index >= 15 is 0 Å². The van der Waals surface area contributed by atoms with E-state index in [1.54, 1.807) is 0 Å². The summed E-state index contributed by atoms with van der Waals surface area (Å²) >= 11 is 1.43. The summed E-state index contributed by atoms with van der Waals surface area (Å²) in [6.45, 7) is 9.55. The van der Waals surface area contributed by atoms with Crippen molar-refractivity contribution >= 4 is 22.9 Å². The number of hydroxylamine groups is 1. The number of ether oxygens (including phenoxy) is 2. The zero-order valence-corrected chi connectivity index (χ0v) is 19.2. The quantitative estimate of drug-likeness (QED) is 0.346. The molecule has 162 valence electrons. The molecule has 0 unspecified atom stereocenters. The van der Waals surface area contributed by atoms with Crippen molar-refractivity contribution in [2.24, 2.45) is 0 Å². The highest BCUT2D eigenvalue weighted by Gasteiger charge is 2.40. The standard InChI is InChI=1S/C22H34N2O4S/c1-7-8-13-22(5,28-24-20(25)27-21(2,3)4)18-12-10-15-14-16(19(23)29-6)9-11-17(15)26-18/h9,11,14,18,23H,7-8,10,12-13H2,1-6H3,(H,24,25)/t18-,22-/m1/s1. The summed E-state index contributed by atoms with van der Waals surface area (Å²) in [6, 6.07) is 5.89. The van der Waals surface area contributed by atoms with E-state index in [0.29, 0.717) is 5.04 Å². The summed E-state index contributed by atoms with van der Waals surface area (Å²) in [7, 11) is 0. The van der Waals surface area contributed by atoms with E-state index in [1.807, 2.05) is 52.1 Å². The Balaban J connectivity index is 2.12. The molecule has 7 heteroatoms. The van der Waals surface area contributed by atoms with Gasteiger partial charge in [-0.3, -0.25) is 10.2 Å². The van der Waals surface area contributed by atoms with Crippen molar-refractivity contribution in [1.29, 1.82) is 5.41 Å². The number of benzene rings is 1. The van der Waals surface area contributed by atoms with Gasteiger partial charge in [-0.2, -0.15) is 5.48 Å². The van der Waals surface area contributed by atoms with Crippen LogP contribution in [0.15, 0.2) is 18.2 Å². The molecule has 29 heavy (non-hydrogen) atoms. The molecule has 2 rings (SSSR count). The number of thioether (sulfide) groups is 1. The number of carbonyl (C=O) groups is 1. The van der Waals surface area contributed by atoms with Gasteiger partial charge in [0.2, 0.25) is 0 Å². The lowest BCUT2D eigenvalue weighted by Gasteiger charge is -2.39. The molecule has 2 atom stereocenters. The zero-order chi connectivity index (χ0) is 21.7. The third kappa shape index (κ3) is 6.64. The number of unbranched alkanes of at least 4 members (excludes halogenated alkanes) is 1. The number of hydrogen-bond donors (Lipinski definition) is 2. The first-order chi connectivity index (χ1) is 13.6. The Hall–Kier alpha value is -1.73. The van der Waals surface area contributed by atoms with Gasteiger partial charge in [-0.15, -0.1) is 11.8 Å². The molecule has 1 aliphatic heterocycles. The second kappa shape index (κ2) is 9.85. The molecule has 0 bridgehead atoms. The summed E-state index contributed by atoms with van der Waals surface area (Å²) in [4.78, 5) is 18.0. The lowest BCUT2D eigenvalue weighted by molar-refractivity contribution is -0.152. The fourth-order valence-corrected chi connectivity index (χ4v) is 3.70. The van der Waals surface area contributed by atoms with E-state index in [1.165, 1.54) is 11.8 Å². The smallest absolute Gasteiger partial charge is 0.431 e. The van der Waals surface area contributed by atoms with E-state index in [2.05, 4.69) is 12.4 Å². The third-order valence-corrected chi connectivity index (χ3v) is 5.59. The summed E-state index contributed by atoms with van der Waals surface area (Å²) in [5.74, 6) is 0.822. The Morgan fingerprint density at radius 1 is 1.34 bits per heavy atom. The first-order valence-corrected chi connectivity index (χ1v) is 11.4. The van der Waals surface area contributed by atoms with E-state index in [9.17, 15) is 4.79 Å². The number of rotatable bonds is 7. The molecule has 0 saturated carbocycles. The fraction of sp³-hybridized carbons (Fsp3) is 0.636. The van der Waals surface area contributed by atoms with E-state index < -0.39 is 17.3 Å². The van der Waals surface area contributed by atoms with Crippen LogP contribution in [0.1, 0.15) is 71.4 Å². The normalized spacial score (nSPS) is 18.2. The second-order valence-corrected chi connectivity index (χ2v) is 9.44. The van der Waals surface area contributed by atoms with Crippen LogP contribution in [0, 0.1) is 5.41 Å². The van der Waals surface area contributed by atoms with Crippen LogP contribution >= 0.6 is 11.8 Å². The van der Waals surface area contributed by atoms with Crippen LogP contribution in [0.2, 0.25) is 0 Å². The molecule has 1 aromatic carbocycles. The Kier molecular flexibility index (Phi) is 8.00. The molecule has 0 spiro atoms. The average Bonchev–Trinajstić information content (AvgIpc) is 2.68. The number of nitrogens with one attached hydrogen (secondary N) is 2. The Morgan fingerprint density at radius 3 is 2.69 bits per heavy atom. The first-order valence-electron chi connectivity index (χ1n) is 10.2. The zero-order valence-electron chi connectivity index (χ0n) is 18.4. The van der Waals surface area contributed by atoms with Gasteiger partial charge in [-0.05, 0) is 77.0 Å². The van der Waals surface area contributed by atoms with E-state index in [-0.39, 0.29) is 6.10 Å². The average molecular weight is 423 g/mol. The minimum atomic E-state index is -0.671. The number of amides is 1. The highest BCUT2D eigenvalue weighted by molar-refractivity contribution is 8.13. The summed E-state index contributed by atoms with van der Waals surface area (Å²) < 4.78 is 11.6. The van der Waals surface area contributed by atoms with Crippen molar-refractivity contribution in [1.82, 2.24) is 5.48 Å². The largest absolute Gasteiger partial charge is 0.487 e. The van der Waals surface area contributed by atoms with Gasteiger partial charge in [0.1, 0.15) is 23.1 Å². The lowest BCUT2D eigenvalue weighted by Crippen LogP contribution is -2.51. The van der Waals surface area contributed by atoms with Crippen molar-refractivity contribution in [2.45, 2.75) is 84.0 Å². The Bertz CT molecular complexity index is 732. The van der Waals surface area contributed by atoms with Gasteiger partial charge < -0.3 is 9.47 Å². The number of carbonyl (C=O) groups excluding carboxylic acids is 1. The molecule has 0 saturated heterocycles. The van der Waals surface area contributed by atoms with Crippen molar-refractivity contribution in [2.75, 3.05) is 6.26 Å². The van der Waals surface area contributed by atoms with E-state index in [4.69, 9.17) is 19.7 Å². The maximum atomic E-state index is 12.1. The van der Waals surface area contributed by atoms with Crippen LogP contribution in [0.3, 0.4) is 0 Å². The van der Waals surface area contributed by atoms with Crippen molar-refractivity contribution in [3.05, 3.63) is 29.3 Å². The SMILES string of the molecule is CCCC[C@@](C)(ONC(=O)OC(C)(C)C)[C@H]1CCc2cc(C(=N)SC)ccc2O1. The summed E-state index contributed by atoms with van der Waals surface area (Å²) in [6.07, 6.45) is 5.47. The van der Waals surface area contributed by atoms with Gasteiger partial charge >= 0.3 is 6.09 Å². The predicted molar refractivity (Wildman–Crippen MR) is 118 cm³/mol. The second-order valence-electron chi connectivity index (χ2n) is 8.62. The molecular formula is C22H34N2O4S. The molecule has 0 radical (unpaired) electrons. The minimum Gasteiger partial charge on any atom is -0.487 e. The van der Waals surface area contributed by atoms with E-state index in [0.717, 1.165) is 49.0 Å². The summed E-state index contributed by atoms with van der Waals surface area (Å²) in [5.41, 5.74) is 3.23. The van der Waals surface area contributed by atoms with Crippen LogP contribution in [0.5, 0.6) is 5.75 Å². The molecule has 0 fully saturated rings. The van der Waals surface area contributed by atoms with Crippen molar-refractivity contribution < 1.29 is 19.1 Å². The fourth-order valence-electron chi connectivity index (χ4n) is 3.34. The number of fused-ring (bicyclic) bond motifs is 1. The maximum absolute atomic E-state index is 12.1. The van der Waals surface area contributed by atoms with Crippen LogP contribution in [-0.2, 0) is 16.0 Å². The predicted octanol–water partition coefficient (Wildman–Crippen LogP) is 5.47. The topological polar surface area (TPSA) is 80.6 Å². The van der Waals surface area contributed by atoms with Gasteiger partial charge in [0.15, 0.2) is 0 Å². The number of hydrogen-bond acceptors (Lipinski definition) is 6. The van der Waals surface area contributed by atoms with Gasteiger partial charge in [0.05, 0.1) is 5.04 Å². The highest BCUT2D eigenvalue weighted by Crippen LogP contribution is 2.36. The van der Waals surface area contributed by atoms with Gasteiger partial charge in [0, 0.05) is 5.56 Å². The minimum absolute atomic E-state index is 0.192. The van der Waals surface area contributed by atoms with Crippen molar-refractivity contribution in [3.63, 3.8) is 0 Å². The Morgan fingerprint density at radius 2 is 2.07 bits per heavy atom. The highest BCUT2D eigenvalue weighted by atomic mass is 32.2. The number of aryl methyl sites for hydroxylation is 1. The summed E-state index contributed by atoms with van der Waals surface area (Å²) in [5, 5.41) is 8.57. The van der Waals surface area contributed by atoms with Crippen LogP contribution in [-0.4, -0.2) is 34.7 Å². The molecule has 0 aliphatic carbocycles. The molecule has 6 nitrogen and oxygen atoms in total. The lowest BCUT2D eigenvalue weighted by atomic mass is 9.86. The molecule has 1 amide bonds. The van der Waals surface area contributed by atoms with Crippen LogP contribution in [0.4, 0.5) is 4.79 Å². The van der Waals surface area contributed by atoms with Crippen LogP contribution < -0.4 is 10.2 Å². The Labute approximate surface area is 178 Å². The molecule has 1 heterocycles. The van der Waals surface area contributed by atoms with Crippen molar-refractivity contribution in [3.8, 4) is 5.75 Å². The monoisotopic (exact) mass is 422 g/mol. The molecule has 0 aromatic heterocycles. The van der Waals surface area contributed by atoms with Gasteiger partial charge in [-0.25, -0.2) is 4.79 Å². The molecule has 1 aliphatic rings. The maximum Gasteiger partial charge on any atom is 0.431 e. The molecular weight excluding hydrogens is 388 g/mol. The third-order valence-electron chi connectivity index (χ3n) is 4.95. The molecule has 2 N–H and O–H groups in total. The first kappa shape index (κ1) is 23.5. The van der Waals surface area contributed by atoms with Gasteiger partial charge in [0.25, 0.3) is 0 Å². The van der Waals surface area contributed by atoms with Crippen LogP contribution in [0.25, 0.3) is 0 Å². The van der Waals surface area contributed by atoms with Gasteiger partial charge in [-0.1, -0.05) is 19.8 Å².